The number of hydrogen-bond donors (Lipinski definition) is 3. The third-order valence-electron chi connectivity index (χ3n) is 3.16. The third kappa shape index (κ3) is 4.24. The van der Waals surface area contributed by atoms with Crippen molar-refractivity contribution >= 4 is 17.8 Å². The van der Waals surface area contributed by atoms with E-state index >= 15 is 0 Å². The van der Waals surface area contributed by atoms with Gasteiger partial charge in [-0.3, -0.25) is 9.59 Å². The number of carbonyl (C=O) groups excluding carboxylic acids is 3. The fourth-order valence-corrected chi connectivity index (χ4v) is 2.01. The van der Waals surface area contributed by atoms with Crippen molar-refractivity contribution in [3.05, 3.63) is 0 Å². The largest absolute Gasteiger partial charge is 0.467 e. The number of terminal acetylenes is 1. The van der Waals surface area contributed by atoms with Crippen molar-refractivity contribution in [2.75, 3.05) is 13.7 Å². The molecular weight excluding hydrogens is 262 g/mol. The summed E-state index contributed by atoms with van der Waals surface area (Å²) in [5, 5.41) is 5.16. The van der Waals surface area contributed by atoms with Gasteiger partial charge in [0.25, 0.3) is 0 Å². The highest BCUT2D eigenvalue weighted by atomic mass is 16.5. The molecule has 7 nitrogen and oxygen atoms in total. The maximum absolute atomic E-state index is 11.8. The van der Waals surface area contributed by atoms with Gasteiger partial charge in [0.15, 0.2) is 0 Å². The van der Waals surface area contributed by atoms with Gasteiger partial charge < -0.3 is 21.1 Å². The zero-order valence-corrected chi connectivity index (χ0v) is 11.3. The molecule has 110 valence electrons. The van der Waals surface area contributed by atoms with Crippen LogP contribution in [0.2, 0.25) is 0 Å². The number of amides is 2. The van der Waals surface area contributed by atoms with Gasteiger partial charge in [-0.2, -0.15) is 0 Å². The molecule has 0 bridgehead atoms. The average molecular weight is 281 g/mol. The van der Waals surface area contributed by atoms with Crippen LogP contribution < -0.4 is 16.4 Å². The Labute approximate surface area is 117 Å². The number of nitrogens with one attached hydrogen (secondary N) is 2. The van der Waals surface area contributed by atoms with Crippen molar-refractivity contribution in [3.63, 3.8) is 0 Å². The molecule has 1 aliphatic heterocycles. The minimum atomic E-state index is -0.898. The van der Waals surface area contributed by atoms with Gasteiger partial charge in [0, 0.05) is 18.9 Å². The summed E-state index contributed by atoms with van der Waals surface area (Å²) in [6, 6.07) is -1.78. The van der Waals surface area contributed by atoms with Gasteiger partial charge in [-0.25, -0.2) is 4.79 Å². The van der Waals surface area contributed by atoms with Crippen molar-refractivity contribution in [2.45, 2.75) is 31.3 Å². The molecule has 0 radical (unpaired) electrons. The summed E-state index contributed by atoms with van der Waals surface area (Å²) in [5.41, 5.74) is 5.57. The van der Waals surface area contributed by atoms with Crippen LogP contribution in [0.25, 0.3) is 0 Å². The summed E-state index contributed by atoms with van der Waals surface area (Å²) in [7, 11) is 1.22. The molecule has 0 saturated carbocycles. The molecule has 0 aromatic carbocycles. The van der Waals surface area contributed by atoms with Crippen molar-refractivity contribution in [1.29, 1.82) is 0 Å². The lowest BCUT2D eigenvalue weighted by Crippen LogP contribution is -2.49. The van der Waals surface area contributed by atoms with Gasteiger partial charge in [-0.05, 0) is 12.8 Å². The second-order valence-corrected chi connectivity index (χ2v) is 4.61. The molecule has 20 heavy (non-hydrogen) atoms. The summed E-state index contributed by atoms with van der Waals surface area (Å²) in [4.78, 5) is 35.0. The van der Waals surface area contributed by atoms with Gasteiger partial charge in [0.2, 0.25) is 11.8 Å². The average Bonchev–Trinajstić information content (AvgIpc) is 2.82. The molecule has 2 amide bonds. The van der Waals surface area contributed by atoms with Crippen LogP contribution in [0.15, 0.2) is 0 Å². The van der Waals surface area contributed by atoms with Crippen molar-refractivity contribution in [1.82, 2.24) is 10.6 Å². The molecule has 1 saturated heterocycles. The zero-order valence-electron chi connectivity index (χ0n) is 11.3. The fourth-order valence-electron chi connectivity index (χ4n) is 2.01. The molecular formula is C13H19N3O4. The third-order valence-corrected chi connectivity index (χ3v) is 3.16. The molecule has 0 aromatic rings. The lowest BCUT2D eigenvalue weighted by molar-refractivity contribution is -0.146. The number of nitrogens with two attached hydrogens (primary N) is 1. The standard InChI is InChI=1S/C13H19N3O4/c1-3-4-9(14)12(18)16-10(13(19)20-2)7-8-5-6-15-11(8)17/h1,8-10H,4-7,14H2,2H3,(H,15,17)(H,16,18)/t8-,9?,10?/m0/s1. The van der Waals surface area contributed by atoms with E-state index in [9.17, 15) is 14.4 Å². The number of methoxy groups -OCH3 is 1. The molecule has 1 heterocycles. The molecule has 1 fully saturated rings. The molecule has 1 rings (SSSR count). The Kier molecular flexibility index (Phi) is 6.00. The number of esters is 1. The quantitative estimate of drug-likeness (QED) is 0.406. The molecule has 7 heteroatoms. The Balaban J connectivity index is 2.65. The molecule has 0 spiro atoms. The van der Waals surface area contributed by atoms with Crippen LogP contribution in [0, 0.1) is 18.3 Å². The van der Waals surface area contributed by atoms with Crippen LogP contribution in [-0.4, -0.2) is 43.5 Å². The lowest BCUT2D eigenvalue weighted by atomic mass is 9.98. The maximum Gasteiger partial charge on any atom is 0.328 e. The van der Waals surface area contributed by atoms with Gasteiger partial charge in [-0.1, -0.05) is 0 Å². The first kappa shape index (κ1) is 16.0. The van der Waals surface area contributed by atoms with E-state index in [1.54, 1.807) is 0 Å². The minimum absolute atomic E-state index is 0.0731. The topological polar surface area (TPSA) is 111 Å². The highest BCUT2D eigenvalue weighted by Gasteiger charge is 2.32. The normalized spacial score (nSPS) is 20.4. The predicted molar refractivity (Wildman–Crippen MR) is 71.1 cm³/mol. The van der Waals surface area contributed by atoms with E-state index in [-0.39, 0.29) is 24.7 Å². The molecule has 3 atom stereocenters. The molecule has 0 aromatic heterocycles. The number of rotatable bonds is 6. The Hall–Kier alpha value is -2.07. The first-order valence-electron chi connectivity index (χ1n) is 6.34. The van der Waals surface area contributed by atoms with Gasteiger partial charge in [0.1, 0.15) is 6.04 Å². The molecule has 1 aliphatic rings. The zero-order chi connectivity index (χ0) is 15.1. The van der Waals surface area contributed by atoms with Crippen LogP contribution in [-0.2, 0) is 19.1 Å². The monoisotopic (exact) mass is 281 g/mol. The van der Waals surface area contributed by atoms with Crippen molar-refractivity contribution in [2.24, 2.45) is 11.7 Å². The summed E-state index contributed by atoms with van der Waals surface area (Å²) < 4.78 is 4.63. The van der Waals surface area contributed by atoms with Gasteiger partial charge in [-0.15, -0.1) is 12.3 Å². The van der Waals surface area contributed by atoms with Crippen LogP contribution in [0.3, 0.4) is 0 Å². The molecule has 2 unspecified atom stereocenters. The van der Waals surface area contributed by atoms with E-state index < -0.39 is 24.0 Å². The van der Waals surface area contributed by atoms with E-state index in [1.165, 1.54) is 7.11 Å². The second-order valence-electron chi connectivity index (χ2n) is 4.61. The van der Waals surface area contributed by atoms with Crippen molar-refractivity contribution < 1.29 is 19.1 Å². The van der Waals surface area contributed by atoms with Gasteiger partial charge >= 0.3 is 5.97 Å². The second kappa shape index (κ2) is 7.50. The molecule has 4 N–H and O–H groups in total. The van der Waals surface area contributed by atoms with Crippen LogP contribution in [0.5, 0.6) is 0 Å². The summed E-state index contributed by atoms with van der Waals surface area (Å²) in [6.07, 6.45) is 5.96. The smallest absolute Gasteiger partial charge is 0.328 e. The number of hydrogen-bond acceptors (Lipinski definition) is 5. The highest BCUT2D eigenvalue weighted by molar-refractivity contribution is 5.88. The summed E-state index contributed by atoms with van der Waals surface area (Å²) in [5.74, 6) is 0.702. The number of carbonyl (C=O) groups is 3. The summed E-state index contributed by atoms with van der Waals surface area (Å²) in [6.45, 7) is 0.571. The van der Waals surface area contributed by atoms with E-state index in [0.717, 1.165) is 0 Å². The Morgan fingerprint density at radius 1 is 1.65 bits per heavy atom. The van der Waals surface area contributed by atoms with E-state index in [4.69, 9.17) is 12.2 Å². The van der Waals surface area contributed by atoms with Gasteiger partial charge in [0.05, 0.1) is 13.2 Å². The SMILES string of the molecule is C#CCC(N)C(=O)NC(C[C@@H]1CCNC1=O)C(=O)OC. The Bertz CT molecular complexity index is 430. The van der Waals surface area contributed by atoms with Crippen LogP contribution >= 0.6 is 0 Å². The Morgan fingerprint density at radius 3 is 2.85 bits per heavy atom. The first-order chi connectivity index (χ1) is 9.49. The lowest BCUT2D eigenvalue weighted by Gasteiger charge is -2.20. The van der Waals surface area contributed by atoms with E-state index in [2.05, 4.69) is 21.3 Å². The Morgan fingerprint density at radius 2 is 2.35 bits per heavy atom. The predicted octanol–water partition coefficient (Wildman–Crippen LogP) is -1.48. The minimum Gasteiger partial charge on any atom is -0.467 e. The first-order valence-corrected chi connectivity index (χ1v) is 6.34. The fraction of sp³-hybridized carbons (Fsp3) is 0.615. The summed E-state index contributed by atoms with van der Waals surface area (Å²) >= 11 is 0. The highest BCUT2D eigenvalue weighted by Crippen LogP contribution is 2.16. The van der Waals surface area contributed by atoms with Crippen LogP contribution in [0.1, 0.15) is 19.3 Å². The maximum atomic E-state index is 11.8. The van der Waals surface area contributed by atoms with E-state index in [0.29, 0.717) is 13.0 Å². The van der Waals surface area contributed by atoms with Crippen LogP contribution in [0.4, 0.5) is 0 Å². The number of ether oxygens (including phenoxy) is 1. The van der Waals surface area contributed by atoms with E-state index in [1.807, 2.05) is 0 Å². The molecule has 0 aliphatic carbocycles. The van der Waals surface area contributed by atoms with Crippen molar-refractivity contribution in [3.8, 4) is 12.3 Å².